The monoisotopic (exact) mass is 386 g/mol. The first-order valence-corrected chi connectivity index (χ1v) is 10.9. The van der Waals surface area contributed by atoms with Crippen LogP contribution < -0.4 is 0 Å². The molecule has 0 fully saturated rings. The van der Waals surface area contributed by atoms with Crippen molar-refractivity contribution < 1.29 is 17.9 Å². The summed E-state index contributed by atoms with van der Waals surface area (Å²) in [5.74, 6) is 0.446. The Morgan fingerprint density at radius 2 is 1.78 bits per heavy atom. The Bertz CT molecular complexity index is 925. The van der Waals surface area contributed by atoms with Crippen molar-refractivity contribution in [2.24, 2.45) is 0 Å². The quantitative estimate of drug-likeness (QED) is 0.640. The van der Waals surface area contributed by atoms with Gasteiger partial charge in [-0.1, -0.05) is 44.7 Å². The molecule has 0 bridgehead atoms. The third kappa shape index (κ3) is 3.98. The van der Waals surface area contributed by atoms with Crippen LogP contribution in [0.15, 0.2) is 71.2 Å². The van der Waals surface area contributed by atoms with Crippen molar-refractivity contribution in [3.8, 4) is 0 Å². The second-order valence-corrected chi connectivity index (χ2v) is 8.49. The molecule has 1 aromatic rings. The van der Waals surface area contributed by atoms with Gasteiger partial charge in [-0.3, -0.25) is 4.79 Å². The van der Waals surface area contributed by atoms with E-state index in [0.717, 1.165) is 5.57 Å². The molecule has 0 N–H and O–H groups in total. The van der Waals surface area contributed by atoms with Crippen molar-refractivity contribution >= 4 is 21.4 Å². The summed E-state index contributed by atoms with van der Waals surface area (Å²) >= 11 is 0. The molecule has 1 aromatic carbocycles. The molecule has 0 saturated heterocycles. The van der Waals surface area contributed by atoms with Gasteiger partial charge in [-0.2, -0.15) is 0 Å². The standard InChI is InChI=1S/C22H26O4S/c1-6-10-11-16(7-2)19-20(26-22(8-3,9-4)21(19)23)17-12-14-18(15-13-17)27(5,24)25/h6-7,10-15H,1,8-9H2,2-5H3/b11-10-,16-7+. The number of ether oxygens (including phenoxy) is 1. The smallest absolute Gasteiger partial charge is 0.210 e. The maximum atomic E-state index is 13.3. The van der Waals surface area contributed by atoms with Gasteiger partial charge in [-0.15, -0.1) is 0 Å². The molecule has 0 aliphatic carbocycles. The fraction of sp³-hybridized carbons (Fsp3) is 0.318. The van der Waals surface area contributed by atoms with Crippen LogP contribution in [0.3, 0.4) is 0 Å². The Morgan fingerprint density at radius 1 is 1.19 bits per heavy atom. The van der Waals surface area contributed by atoms with Gasteiger partial charge in [0.15, 0.2) is 15.4 Å². The first-order chi connectivity index (χ1) is 12.7. The van der Waals surface area contributed by atoms with Crippen molar-refractivity contribution in [3.05, 3.63) is 71.9 Å². The van der Waals surface area contributed by atoms with Gasteiger partial charge in [0.05, 0.1) is 10.5 Å². The van der Waals surface area contributed by atoms with Crippen LogP contribution in [0.2, 0.25) is 0 Å². The fourth-order valence-electron chi connectivity index (χ4n) is 3.15. The Hall–Kier alpha value is -2.40. The molecule has 0 unspecified atom stereocenters. The summed E-state index contributed by atoms with van der Waals surface area (Å²) in [4.78, 5) is 13.5. The predicted molar refractivity (Wildman–Crippen MR) is 109 cm³/mol. The summed E-state index contributed by atoms with van der Waals surface area (Å²) in [6.45, 7) is 9.41. The van der Waals surface area contributed by atoms with Crippen LogP contribution in [0, 0.1) is 0 Å². The van der Waals surface area contributed by atoms with E-state index in [0.29, 0.717) is 29.7 Å². The molecule has 0 spiro atoms. The van der Waals surface area contributed by atoms with Gasteiger partial charge in [-0.05, 0) is 49.6 Å². The van der Waals surface area contributed by atoms with E-state index in [9.17, 15) is 13.2 Å². The van der Waals surface area contributed by atoms with Crippen LogP contribution in [-0.4, -0.2) is 26.1 Å². The highest BCUT2D eigenvalue weighted by atomic mass is 32.2. The van der Waals surface area contributed by atoms with E-state index < -0.39 is 15.4 Å². The van der Waals surface area contributed by atoms with Crippen LogP contribution in [0.1, 0.15) is 39.2 Å². The van der Waals surface area contributed by atoms with Crippen molar-refractivity contribution in [1.82, 2.24) is 0 Å². The molecule has 27 heavy (non-hydrogen) atoms. The molecule has 1 heterocycles. The van der Waals surface area contributed by atoms with Gasteiger partial charge >= 0.3 is 0 Å². The number of Topliss-reactive ketones (excluding diaryl/α,β-unsaturated/α-hetero) is 1. The van der Waals surface area contributed by atoms with E-state index in [1.54, 1.807) is 24.3 Å². The topological polar surface area (TPSA) is 60.4 Å². The summed E-state index contributed by atoms with van der Waals surface area (Å²) in [7, 11) is -3.29. The van der Waals surface area contributed by atoms with Gasteiger partial charge in [0, 0.05) is 11.8 Å². The van der Waals surface area contributed by atoms with E-state index in [2.05, 4.69) is 6.58 Å². The maximum Gasteiger partial charge on any atom is 0.210 e. The number of hydrogen-bond acceptors (Lipinski definition) is 4. The molecule has 144 valence electrons. The summed E-state index contributed by atoms with van der Waals surface area (Å²) in [5.41, 5.74) is 1.06. The molecule has 0 radical (unpaired) electrons. The number of sulfone groups is 1. The van der Waals surface area contributed by atoms with E-state index in [-0.39, 0.29) is 10.7 Å². The Kier molecular flexibility index (Phi) is 6.26. The van der Waals surface area contributed by atoms with Gasteiger partial charge < -0.3 is 4.74 Å². The summed E-state index contributed by atoms with van der Waals surface area (Å²) in [6.07, 6.45) is 9.39. The zero-order valence-corrected chi connectivity index (χ0v) is 17.1. The van der Waals surface area contributed by atoms with E-state index in [4.69, 9.17) is 4.74 Å². The minimum absolute atomic E-state index is 0.0449. The van der Waals surface area contributed by atoms with Crippen LogP contribution in [0.4, 0.5) is 0 Å². The number of carbonyl (C=O) groups is 1. The molecule has 0 saturated carbocycles. The lowest BCUT2D eigenvalue weighted by molar-refractivity contribution is -0.129. The zero-order chi connectivity index (χ0) is 20.2. The van der Waals surface area contributed by atoms with E-state index >= 15 is 0 Å². The number of ketones is 1. The summed E-state index contributed by atoms with van der Waals surface area (Å²) in [5, 5.41) is 0. The number of hydrogen-bond donors (Lipinski definition) is 0. The van der Waals surface area contributed by atoms with E-state index in [1.165, 1.54) is 18.4 Å². The molecular formula is C22H26O4S. The van der Waals surface area contributed by atoms with Crippen LogP contribution in [0.5, 0.6) is 0 Å². The van der Waals surface area contributed by atoms with Crippen LogP contribution in [0.25, 0.3) is 5.76 Å². The highest BCUT2D eigenvalue weighted by Gasteiger charge is 2.47. The molecule has 0 atom stereocenters. The number of allylic oxidation sites excluding steroid dienone is 5. The van der Waals surface area contributed by atoms with Gasteiger partial charge in [0.2, 0.25) is 5.78 Å². The Labute approximate surface area is 161 Å². The summed E-state index contributed by atoms with van der Waals surface area (Å²) in [6, 6.07) is 6.45. The SMILES string of the molecule is C=C/C=C\C(=C/C)C1=C(c2ccc(S(C)(=O)=O)cc2)OC(CC)(CC)C1=O. The predicted octanol–water partition coefficient (Wildman–Crippen LogP) is 4.65. The fourth-order valence-corrected chi connectivity index (χ4v) is 3.78. The van der Waals surface area contributed by atoms with Crippen molar-refractivity contribution in [3.63, 3.8) is 0 Å². The third-order valence-corrected chi connectivity index (χ3v) is 5.99. The number of carbonyl (C=O) groups excluding carboxylic acids is 1. The molecule has 5 heteroatoms. The van der Waals surface area contributed by atoms with Crippen molar-refractivity contribution in [2.45, 2.75) is 44.1 Å². The molecule has 0 aromatic heterocycles. The van der Waals surface area contributed by atoms with Crippen LogP contribution in [-0.2, 0) is 19.4 Å². The van der Waals surface area contributed by atoms with Gasteiger partial charge in [0.25, 0.3) is 0 Å². The number of rotatable bonds is 7. The average Bonchev–Trinajstić information content (AvgIpc) is 2.95. The minimum Gasteiger partial charge on any atom is -0.478 e. The van der Waals surface area contributed by atoms with Crippen molar-refractivity contribution in [2.75, 3.05) is 6.26 Å². The Balaban J connectivity index is 2.67. The average molecular weight is 387 g/mol. The lowest BCUT2D eigenvalue weighted by Crippen LogP contribution is -2.36. The minimum atomic E-state index is -3.29. The summed E-state index contributed by atoms with van der Waals surface area (Å²) < 4.78 is 29.7. The van der Waals surface area contributed by atoms with E-state index in [1.807, 2.05) is 32.9 Å². The second-order valence-electron chi connectivity index (χ2n) is 6.47. The molecular weight excluding hydrogens is 360 g/mol. The highest BCUT2D eigenvalue weighted by Crippen LogP contribution is 2.43. The first kappa shape index (κ1) is 20.9. The van der Waals surface area contributed by atoms with Gasteiger partial charge in [-0.25, -0.2) is 8.42 Å². The van der Waals surface area contributed by atoms with Gasteiger partial charge in [0.1, 0.15) is 5.76 Å². The highest BCUT2D eigenvalue weighted by molar-refractivity contribution is 7.90. The largest absolute Gasteiger partial charge is 0.478 e. The molecule has 4 nitrogen and oxygen atoms in total. The van der Waals surface area contributed by atoms with Crippen molar-refractivity contribution in [1.29, 1.82) is 0 Å². The Morgan fingerprint density at radius 3 is 2.22 bits per heavy atom. The molecule has 2 rings (SSSR count). The first-order valence-electron chi connectivity index (χ1n) is 8.98. The normalized spacial score (nSPS) is 17.5. The number of benzene rings is 1. The maximum absolute atomic E-state index is 13.3. The molecule has 1 aliphatic heterocycles. The molecule has 1 aliphatic rings. The van der Waals surface area contributed by atoms with Crippen LogP contribution >= 0.6 is 0 Å². The zero-order valence-electron chi connectivity index (χ0n) is 16.3. The second kappa shape index (κ2) is 8.09. The lowest BCUT2D eigenvalue weighted by atomic mass is 9.86. The lowest BCUT2D eigenvalue weighted by Gasteiger charge is -2.25. The molecule has 0 amide bonds. The third-order valence-electron chi connectivity index (χ3n) is 4.86.